The van der Waals surface area contributed by atoms with Crippen molar-refractivity contribution in [1.29, 1.82) is 0 Å². The van der Waals surface area contributed by atoms with Gasteiger partial charge in [-0.1, -0.05) is 23.9 Å². The zero-order valence-electron chi connectivity index (χ0n) is 7.15. The number of nitrogens with zero attached hydrogens (tertiary/aromatic N) is 1. The number of fused-ring (bicyclic) bond motifs is 1. The molecule has 68 valence electrons. The third kappa shape index (κ3) is 1.43. The van der Waals surface area contributed by atoms with E-state index < -0.39 is 0 Å². The quantitative estimate of drug-likeness (QED) is 0.745. The number of aliphatic hydroxyl groups is 1. The van der Waals surface area contributed by atoms with E-state index in [1.807, 2.05) is 24.5 Å². The normalized spacial score (nSPS) is 10.9. The number of rotatable bonds is 2. The number of aliphatic hydroxyl groups excluding tert-OH is 1. The number of para-hydroxylation sites is 1. The Hall–Kier alpha value is -1.00. The van der Waals surface area contributed by atoms with Crippen LogP contribution in [0.1, 0.15) is 5.56 Å². The summed E-state index contributed by atoms with van der Waals surface area (Å²) in [7, 11) is 0. The third-order valence-corrected chi connectivity index (χ3v) is 2.35. The molecule has 0 saturated heterocycles. The molecule has 3 nitrogen and oxygen atoms in total. The summed E-state index contributed by atoms with van der Waals surface area (Å²) in [6.45, 7) is -0.0135. The summed E-state index contributed by atoms with van der Waals surface area (Å²) in [6.07, 6.45) is 1.91. The predicted molar refractivity (Wildman–Crippen MR) is 51.7 cm³/mol. The molecule has 0 aliphatic carbocycles. The number of benzene rings is 1. The van der Waals surface area contributed by atoms with Crippen molar-refractivity contribution in [3.63, 3.8) is 0 Å². The van der Waals surface area contributed by atoms with Gasteiger partial charge < -0.3 is 9.52 Å². The van der Waals surface area contributed by atoms with E-state index in [9.17, 15) is 0 Å². The Morgan fingerprint density at radius 3 is 3.08 bits per heavy atom. The van der Waals surface area contributed by atoms with E-state index in [0.717, 1.165) is 11.1 Å². The van der Waals surface area contributed by atoms with Crippen LogP contribution in [0.3, 0.4) is 0 Å². The lowest BCUT2D eigenvalue weighted by Crippen LogP contribution is -1.81. The van der Waals surface area contributed by atoms with Crippen molar-refractivity contribution in [1.82, 2.24) is 4.98 Å². The molecule has 0 saturated carbocycles. The maximum absolute atomic E-state index is 9.02. The van der Waals surface area contributed by atoms with Crippen LogP contribution in [0.25, 0.3) is 11.1 Å². The van der Waals surface area contributed by atoms with Crippen LogP contribution in [0.5, 0.6) is 0 Å². The van der Waals surface area contributed by atoms with Crippen molar-refractivity contribution in [3.8, 4) is 0 Å². The molecule has 1 N–H and O–H groups in total. The zero-order valence-corrected chi connectivity index (χ0v) is 7.97. The summed E-state index contributed by atoms with van der Waals surface area (Å²) in [6, 6.07) is 5.57. The molecule has 2 aromatic rings. The third-order valence-electron chi connectivity index (χ3n) is 1.82. The molecule has 13 heavy (non-hydrogen) atoms. The first-order valence-corrected chi connectivity index (χ1v) is 5.11. The van der Waals surface area contributed by atoms with Crippen LogP contribution >= 0.6 is 11.8 Å². The van der Waals surface area contributed by atoms with Gasteiger partial charge in [-0.3, -0.25) is 0 Å². The van der Waals surface area contributed by atoms with E-state index in [1.165, 1.54) is 11.8 Å². The Balaban J connectivity index is 2.67. The molecule has 0 atom stereocenters. The highest BCUT2D eigenvalue weighted by atomic mass is 32.2. The molecule has 4 heteroatoms. The highest BCUT2D eigenvalue weighted by molar-refractivity contribution is 7.98. The number of thioether (sulfide) groups is 1. The Labute approximate surface area is 79.8 Å². The van der Waals surface area contributed by atoms with E-state index in [4.69, 9.17) is 9.52 Å². The van der Waals surface area contributed by atoms with Gasteiger partial charge in [0.25, 0.3) is 5.22 Å². The average Bonchev–Trinajstić information content (AvgIpc) is 2.59. The van der Waals surface area contributed by atoms with E-state index in [1.54, 1.807) is 0 Å². The fourth-order valence-electron chi connectivity index (χ4n) is 1.20. The van der Waals surface area contributed by atoms with Crippen LogP contribution in [0.4, 0.5) is 0 Å². The minimum absolute atomic E-state index is 0.0135. The molecular weight excluding hydrogens is 186 g/mol. The zero-order chi connectivity index (χ0) is 9.26. The molecule has 2 rings (SSSR count). The molecule has 1 aromatic heterocycles. The van der Waals surface area contributed by atoms with Gasteiger partial charge in [0.2, 0.25) is 0 Å². The fraction of sp³-hybridized carbons (Fsp3) is 0.222. The number of hydrogen-bond acceptors (Lipinski definition) is 4. The molecule has 1 aromatic carbocycles. The second-order valence-electron chi connectivity index (χ2n) is 2.61. The standard InChI is InChI=1S/C9H9NO2S/c1-13-9-10-7-4-2-3-6(5-11)8(7)12-9/h2-4,11H,5H2,1H3. The van der Waals surface area contributed by atoms with Crippen LogP contribution < -0.4 is 0 Å². The van der Waals surface area contributed by atoms with Crippen LogP contribution in [0.15, 0.2) is 27.8 Å². The van der Waals surface area contributed by atoms with Gasteiger partial charge in [-0.05, 0) is 12.3 Å². The molecule has 0 bridgehead atoms. The van der Waals surface area contributed by atoms with Crippen molar-refractivity contribution < 1.29 is 9.52 Å². The van der Waals surface area contributed by atoms with Crippen molar-refractivity contribution in [2.24, 2.45) is 0 Å². The first kappa shape index (κ1) is 8.59. The second-order valence-corrected chi connectivity index (χ2v) is 3.36. The lowest BCUT2D eigenvalue weighted by atomic mass is 10.2. The molecule has 1 heterocycles. The molecule has 0 amide bonds. The molecule has 0 fully saturated rings. The summed E-state index contributed by atoms with van der Waals surface area (Å²) in [4.78, 5) is 4.22. The van der Waals surface area contributed by atoms with Gasteiger partial charge in [0, 0.05) is 5.56 Å². The van der Waals surface area contributed by atoms with E-state index in [0.29, 0.717) is 10.8 Å². The second kappa shape index (κ2) is 3.40. The molecule has 0 aliphatic rings. The van der Waals surface area contributed by atoms with Gasteiger partial charge in [-0.25, -0.2) is 4.98 Å². The Morgan fingerprint density at radius 1 is 1.54 bits per heavy atom. The van der Waals surface area contributed by atoms with Crippen LogP contribution in [0, 0.1) is 0 Å². The van der Waals surface area contributed by atoms with Gasteiger partial charge >= 0.3 is 0 Å². The Kier molecular flexibility index (Phi) is 2.24. The van der Waals surface area contributed by atoms with Crippen LogP contribution in [0.2, 0.25) is 0 Å². The first-order chi connectivity index (χ1) is 6.35. The van der Waals surface area contributed by atoms with Gasteiger partial charge in [-0.15, -0.1) is 0 Å². The summed E-state index contributed by atoms with van der Waals surface area (Å²) in [5.74, 6) is 0. The number of hydrogen-bond donors (Lipinski definition) is 1. The van der Waals surface area contributed by atoms with Gasteiger partial charge in [0.1, 0.15) is 5.52 Å². The molecule has 0 unspecified atom stereocenters. The lowest BCUT2D eigenvalue weighted by molar-refractivity contribution is 0.281. The summed E-state index contributed by atoms with van der Waals surface area (Å²) < 4.78 is 5.43. The first-order valence-electron chi connectivity index (χ1n) is 3.88. The van der Waals surface area contributed by atoms with E-state index in [2.05, 4.69) is 4.98 Å². The highest BCUT2D eigenvalue weighted by Gasteiger charge is 2.07. The minimum atomic E-state index is -0.0135. The van der Waals surface area contributed by atoms with Crippen LogP contribution in [-0.4, -0.2) is 16.3 Å². The van der Waals surface area contributed by atoms with Gasteiger partial charge in [0.05, 0.1) is 6.61 Å². The predicted octanol–water partition coefficient (Wildman–Crippen LogP) is 2.04. The van der Waals surface area contributed by atoms with E-state index in [-0.39, 0.29) is 6.61 Å². The van der Waals surface area contributed by atoms with Gasteiger partial charge in [0.15, 0.2) is 5.58 Å². The highest BCUT2D eigenvalue weighted by Crippen LogP contribution is 2.24. The van der Waals surface area contributed by atoms with Crippen molar-refractivity contribution in [3.05, 3.63) is 23.8 Å². The topological polar surface area (TPSA) is 46.3 Å². The molecule has 0 aliphatic heterocycles. The van der Waals surface area contributed by atoms with Crippen molar-refractivity contribution >= 4 is 22.9 Å². The minimum Gasteiger partial charge on any atom is -0.431 e. The maximum Gasteiger partial charge on any atom is 0.256 e. The molecular formula is C9H9NO2S. The fourth-order valence-corrected chi connectivity index (χ4v) is 1.55. The monoisotopic (exact) mass is 195 g/mol. The van der Waals surface area contributed by atoms with E-state index >= 15 is 0 Å². The Bertz CT molecular complexity index is 424. The largest absolute Gasteiger partial charge is 0.431 e. The van der Waals surface area contributed by atoms with Gasteiger partial charge in [-0.2, -0.15) is 0 Å². The summed E-state index contributed by atoms with van der Waals surface area (Å²) >= 11 is 1.45. The summed E-state index contributed by atoms with van der Waals surface area (Å²) in [5, 5.41) is 9.66. The molecule has 0 spiro atoms. The smallest absolute Gasteiger partial charge is 0.256 e. The Morgan fingerprint density at radius 2 is 2.38 bits per heavy atom. The maximum atomic E-state index is 9.02. The molecule has 0 radical (unpaired) electrons. The van der Waals surface area contributed by atoms with Crippen molar-refractivity contribution in [2.75, 3.05) is 6.26 Å². The summed E-state index contributed by atoms with van der Waals surface area (Å²) in [5.41, 5.74) is 2.27. The average molecular weight is 195 g/mol. The van der Waals surface area contributed by atoms with Crippen molar-refractivity contribution in [2.45, 2.75) is 11.8 Å². The number of oxazole rings is 1. The number of aromatic nitrogens is 1. The SMILES string of the molecule is CSc1nc2cccc(CO)c2o1. The van der Waals surface area contributed by atoms with Crippen LogP contribution in [-0.2, 0) is 6.61 Å². The lowest BCUT2D eigenvalue weighted by Gasteiger charge is -1.93.